The van der Waals surface area contributed by atoms with Crippen LogP contribution < -0.4 is 14.8 Å². The summed E-state index contributed by atoms with van der Waals surface area (Å²) in [6.45, 7) is 0.866. The lowest BCUT2D eigenvalue weighted by Crippen LogP contribution is -2.64. The third-order valence-electron chi connectivity index (χ3n) is 5.77. The highest BCUT2D eigenvalue weighted by Crippen LogP contribution is 2.61. The van der Waals surface area contributed by atoms with Gasteiger partial charge in [0, 0.05) is 22.9 Å². The van der Waals surface area contributed by atoms with E-state index < -0.39 is 13.1 Å². The van der Waals surface area contributed by atoms with E-state index in [0.29, 0.717) is 11.8 Å². The van der Waals surface area contributed by atoms with Crippen molar-refractivity contribution in [2.24, 2.45) is 5.92 Å². The van der Waals surface area contributed by atoms with Crippen molar-refractivity contribution in [1.82, 2.24) is 5.32 Å². The number of aliphatic hydroxyl groups excluding tert-OH is 1. The van der Waals surface area contributed by atoms with E-state index >= 15 is 0 Å². The Kier molecular flexibility index (Phi) is 1.72. The van der Waals surface area contributed by atoms with Gasteiger partial charge in [-0.3, -0.25) is 0 Å². The topological polar surface area (TPSA) is 50.7 Å². The second-order valence-electron chi connectivity index (χ2n) is 6.52. The first-order valence-corrected chi connectivity index (χ1v) is 7.52. The Morgan fingerprint density at radius 3 is 3.33 bits per heavy atom. The van der Waals surface area contributed by atoms with Crippen molar-refractivity contribution in [3.8, 4) is 11.5 Å². The van der Waals surface area contributed by atoms with E-state index in [-0.39, 0.29) is 23.2 Å². The zero-order chi connectivity index (χ0) is 16.7. The summed E-state index contributed by atoms with van der Waals surface area (Å²) in [5.41, 5.74) is 1.93. The van der Waals surface area contributed by atoms with Gasteiger partial charge in [-0.25, -0.2) is 0 Å². The van der Waals surface area contributed by atoms with Crippen molar-refractivity contribution < 1.29 is 18.7 Å². The summed E-state index contributed by atoms with van der Waals surface area (Å²) in [5.74, 6) is 1.01. The van der Waals surface area contributed by atoms with Crippen LogP contribution in [0.5, 0.6) is 11.5 Å². The van der Waals surface area contributed by atoms with Crippen LogP contribution in [0, 0.1) is 5.92 Å². The number of ether oxygens (including phenoxy) is 2. The number of hydrogen-bond donors (Lipinski definition) is 2. The van der Waals surface area contributed by atoms with Gasteiger partial charge in [0.15, 0.2) is 11.5 Å². The van der Waals surface area contributed by atoms with Gasteiger partial charge >= 0.3 is 0 Å². The van der Waals surface area contributed by atoms with Crippen LogP contribution in [0.2, 0.25) is 0 Å². The molecule has 4 heteroatoms. The number of methoxy groups -OCH3 is 1. The highest BCUT2D eigenvalue weighted by atomic mass is 16.5. The molecule has 5 atom stereocenters. The van der Waals surface area contributed by atoms with Crippen LogP contribution in [0.1, 0.15) is 21.7 Å². The van der Waals surface area contributed by atoms with Crippen molar-refractivity contribution in [3.63, 3.8) is 0 Å². The minimum atomic E-state index is -2.53. The molecule has 1 fully saturated rings. The average Bonchev–Trinajstić information content (AvgIpc) is 2.84. The molecule has 2 heterocycles. The molecule has 1 saturated heterocycles. The third-order valence-corrected chi connectivity index (χ3v) is 5.77. The molecule has 4 nitrogen and oxygen atoms in total. The fourth-order valence-corrected chi connectivity index (χ4v) is 5.05. The second kappa shape index (κ2) is 3.81. The molecule has 0 unspecified atom stereocenters. The Bertz CT molecular complexity index is 747. The Balaban J connectivity index is 1.74. The molecule has 4 aliphatic rings. The summed E-state index contributed by atoms with van der Waals surface area (Å²) in [6, 6.07) is 3.96. The van der Waals surface area contributed by atoms with Crippen LogP contribution in [0.25, 0.3) is 0 Å². The summed E-state index contributed by atoms with van der Waals surface area (Å²) in [5, 5.41) is 14.1. The third kappa shape index (κ3) is 1.25. The Hall–Kier alpha value is -1.52. The van der Waals surface area contributed by atoms with Gasteiger partial charge in [-0.1, -0.05) is 18.2 Å². The lowest BCUT2D eigenvalue weighted by molar-refractivity contribution is -0.0177. The Morgan fingerprint density at radius 1 is 1.48 bits per heavy atom. The monoisotopic (exact) mass is 288 g/mol. The first-order valence-electron chi connectivity index (χ1n) is 9.02. The highest BCUT2D eigenvalue weighted by Gasteiger charge is 2.63. The molecule has 1 aromatic rings. The molecule has 0 radical (unpaired) electrons. The number of hydrogen-bond acceptors (Lipinski definition) is 4. The predicted octanol–water partition coefficient (Wildman–Crippen LogP) is 1.16. The summed E-state index contributed by atoms with van der Waals surface area (Å²) in [4.78, 5) is 0. The highest BCUT2D eigenvalue weighted by molar-refractivity contribution is 5.62. The van der Waals surface area contributed by atoms with Gasteiger partial charge in [-0.05, 0) is 31.0 Å². The summed E-state index contributed by atoms with van der Waals surface area (Å²) in [6.07, 6.45) is 4.58. The van der Waals surface area contributed by atoms with Crippen LogP contribution in [-0.2, 0) is 11.8 Å². The van der Waals surface area contributed by atoms with Crippen molar-refractivity contribution in [1.29, 1.82) is 0 Å². The zero-order valence-electron chi connectivity index (χ0n) is 14.5. The minimum Gasteiger partial charge on any atom is -0.493 e. The molecule has 0 saturated carbocycles. The van der Waals surface area contributed by atoms with Gasteiger partial charge in [-0.2, -0.15) is 0 Å². The smallest absolute Gasteiger partial charge is 0.165 e. The van der Waals surface area contributed by atoms with Crippen molar-refractivity contribution in [2.75, 3.05) is 13.6 Å². The van der Waals surface area contributed by atoms with Gasteiger partial charge in [0.05, 0.1) is 11.2 Å². The van der Waals surface area contributed by atoms with Crippen molar-refractivity contribution in [3.05, 3.63) is 35.4 Å². The average molecular weight is 288 g/mol. The van der Waals surface area contributed by atoms with E-state index in [1.165, 1.54) is 5.56 Å². The van der Waals surface area contributed by atoms with Gasteiger partial charge in [0.2, 0.25) is 0 Å². The number of nitrogens with one attached hydrogen (secondary N) is 1. The molecule has 2 bridgehead atoms. The molecule has 0 amide bonds. The zero-order valence-corrected chi connectivity index (χ0v) is 11.5. The predicted molar refractivity (Wildman–Crippen MR) is 77.8 cm³/mol. The molecule has 1 spiro atoms. The van der Waals surface area contributed by atoms with E-state index in [1.54, 1.807) is 6.07 Å². The second-order valence-corrected chi connectivity index (χ2v) is 6.52. The van der Waals surface area contributed by atoms with Gasteiger partial charge in [0.1, 0.15) is 12.2 Å². The van der Waals surface area contributed by atoms with E-state index in [9.17, 15) is 5.11 Å². The number of piperidine rings is 1. The summed E-state index contributed by atoms with van der Waals surface area (Å²) in [7, 11) is -2.53. The number of benzene rings is 1. The van der Waals surface area contributed by atoms with E-state index in [2.05, 4.69) is 11.4 Å². The lowest BCUT2D eigenvalue weighted by Gasteiger charge is -2.53. The quantitative estimate of drug-likeness (QED) is 0.762. The van der Waals surface area contributed by atoms with Gasteiger partial charge in [0.25, 0.3) is 0 Å². The summed E-state index contributed by atoms with van der Waals surface area (Å²) >= 11 is 0. The minimum absolute atomic E-state index is 0.247. The van der Waals surface area contributed by atoms with Crippen LogP contribution in [0.3, 0.4) is 0 Å². The van der Waals surface area contributed by atoms with Crippen LogP contribution in [0.15, 0.2) is 24.3 Å². The molecule has 110 valence electrons. The number of rotatable bonds is 1. The molecule has 2 aliphatic heterocycles. The van der Waals surface area contributed by atoms with Crippen molar-refractivity contribution in [2.45, 2.75) is 36.5 Å². The fourth-order valence-electron chi connectivity index (χ4n) is 5.05. The Morgan fingerprint density at radius 2 is 2.43 bits per heavy atom. The fraction of sp³-hybridized carbons (Fsp3) is 0.529. The first-order chi connectivity index (χ1) is 11.4. The number of aliphatic hydroxyl groups is 1. The van der Waals surface area contributed by atoms with Gasteiger partial charge in [-0.15, -0.1) is 0 Å². The maximum absolute atomic E-state index is 10.5. The first kappa shape index (κ1) is 9.49. The van der Waals surface area contributed by atoms with Crippen LogP contribution in [-0.4, -0.2) is 36.9 Å². The molecule has 21 heavy (non-hydrogen) atoms. The molecule has 0 aromatic heterocycles. The molecule has 2 aliphatic carbocycles. The Labute approximate surface area is 128 Å². The SMILES string of the molecule is [2H]C([2H])([2H])Oc1ccc2c3c1O[C@H]1[C@@H](O)C=C[C@H]4[C@@H](C2)NCC[C@@]341. The van der Waals surface area contributed by atoms with Gasteiger partial charge < -0.3 is 19.9 Å². The molecule has 1 aromatic carbocycles. The van der Waals surface area contributed by atoms with Crippen molar-refractivity contribution >= 4 is 0 Å². The molecular formula is C17H19NO3. The maximum atomic E-state index is 10.5. The largest absolute Gasteiger partial charge is 0.493 e. The maximum Gasteiger partial charge on any atom is 0.165 e. The van der Waals surface area contributed by atoms with Crippen LogP contribution >= 0.6 is 0 Å². The van der Waals surface area contributed by atoms with Crippen LogP contribution in [0.4, 0.5) is 0 Å². The standard InChI is InChI=1S/C17H19NO3/c1-20-13-5-2-9-8-11-10-3-4-12(19)16-17(10,6-7-18-11)14(9)15(13)21-16/h2-5,10-12,16,18-19H,6-8H2,1H3/t10-,11+,12-,16-,17-/m0/s1/i1D3. The van der Waals surface area contributed by atoms with E-state index in [4.69, 9.17) is 13.6 Å². The molecule has 5 rings (SSSR count). The molecule has 2 N–H and O–H groups in total. The lowest BCUT2D eigenvalue weighted by atomic mass is 9.54. The van der Waals surface area contributed by atoms with E-state index in [1.807, 2.05) is 12.1 Å². The summed E-state index contributed by atoms with van der Waals surface area (Å²) < 4.78 is 33.6. The molecular weight excluding hydrogens is 266 g/mol. The normalized spacial score (nSPS) is 44.1. The van der Waals surface area contributed by atoms with E-state index in [0.717, 1.165) is 24.9 Å².